The molecule has 1 aromatic carbocycles. The predicted molar refractivity (Wildman–Crippen MR) is 92.9 cm³/mol. The normalized spacial score (nSPS) is 10.5. The summed E-state index contributed by atoms with van der Waals surface area (Å²) in [6, 6.07) is 7.53. The molecule has 26 heavy (non-hydrogen) atoms. The fourth-order valence-corrected chi connectivity index (χ4v) is 2.23. The number of aromatic nitrogens is 1. The van der Waals surface area contributed by atoms with Gasteiger partial charge in [-0.2, -0.15) is 5.10 Å². The largest absolute Gasteiger partial charge is 0.493 e. The maximum absolute atomic E-state index is 11.9. The minimum Gasteiger partial charge on any atom is -0.493 e. The highest BCUT2D eigenvalue weighted by atomic mass is 16.5. The Hall–Kier alpha value is -3.62. The van der Waals surface area contributed by atoms with Crippen LogP contribution < -0.4 is 20.5 Å². The van der Waals surface area contributed by atoms with Crippen molar-refractivity contribution in [2.24, 2.45) is 5.10 Å². The van der Waals surface area contributed by atoms with Gasteiger partial charge in [0.05, 0.1) is 20.4 Å². The first-order valence-corrected chi connectivity index (χ1v) is 7.43. The van der Waals surface area contributed by atoms with Crippen LogP contribution in [0.5, 0.6) is 11.5 Å². The average molecular weight is 359 g/mol. The van der Waals surface area contributed by atoms with E-state index >= 15 is 0 Å². The summed E-state index contributed by atoms with van der Waals surface area (Å²) in [5, 5.41) is 13.2. The number of hydrogen-bond donors (Lipinski definition) is 2. The second kappa shape index (κ2) is 8.47. The molecule has 9 heteroatoms. The van der Waals surface area contributed by atoms with E-state index in [0.717, 1.165) is 0 Å². The van der Waals surface area contributed by atoms with E-state index in [9.17, 15) is 19.5 Å². The standard InChI is InChI=1S/C17H17N3O6/c1-25-12-7-6-11(15(17(23)24)16(12)26-2)9-18-19-13(21)10-20-8-4-3-5-14(20)22/h3-9H,10H2,1-2H3,(H,19,21)(H,23,24)/b18-9-. The Labute approximate surface area is 148 Å². The second-order valence-electron chi connectivity index (χ2n) is 5.03. The molecule has 0 unspecified atom stereocenters. The van der Waals surface area contributed by atoms with Gasteiger partial charge in [0.15, 0.2) is 11.5 Å². The van der Waals surface area contributed by atoms with Crippen LogP contribution in [0.3, 0.4) is 0 Å². The number of nitrogens with zero attached hydrogens (tertiary/aromatic N) is 2. The molecular weight excluding hydrogens is 342 g/mol. The molecule has 0 aliphatic carbocycles. The van der Waals surface area contributed by atoms with Crippen LogP contribution in [0.2, 0.25) is 0 Å². The topological polar surface area (TPSA) is 119 Å². The Kier molecular flexibility index (Phi) is 6.10. The lowest BCUT2D eigenvalue weighted by Gasteiger charge is -2.12. The van der Waals surface area contributed by atoms with Gasteiger partial charge >= 0.3 is 5.97 Å². The number of methoxy groups -OCH3 is 2. The number of carboxylic acid groups (broad SMARTS) is 1. The average Bonchev–Trinajstić information content (AvgIpc) is 2.62. The zero-order valence-corrected chi connectivity index (χ0v) is 14.1. The number of hydrogen-bond acceptors (Lipinski definition) is 6. The fraction of sp³-hybridized carbons (Fsp3) is 0.176. The lowest BCUT2D eigenvalue weighted by atomic mass is 10.1. The molecule has 9 nitrogen and oxygen atoms in total. The van der Waals surface area contributed by atoms with Crippen molar-refractivity contribution in [2.75, 3.05) is 14.2 Å². The molecule has 1 aromatic heterocycles. The summed E-state index contributed by atoms with van der Waals surface area (Å²) in [7, 11) is 2.72. The number of pyridine rings is 1. The van der Waals surface area contributed by atoms with Gasteiger partial charge in [0, 0.05) is 17.8 Å². The number of amides is 1. The lowest BCUT2D eigenvalue weighted by Crippen LogP contribution is -2.29. The van der Waals surface area contributed by atoms with Crippen molar-refractivity contribution in [3.8, 4) is 11.5 Å². The summed E-state index contributed by atoms with van der Waals surface area (Å²) in [6.07, 6.45) is 2.65. The predicted octanol–water partition coefficient (Wildman–Crippen LogP) is 0.714. The smallest absolute Gasteiger partial charge is 0.340 e. The highest BCUT2D eigenvalue weighted by molar-refractivity contribution is 6.02. The number of carboxylic acids is 1. The lowest BCUT2D eigenvalue weighted by molar-refractivity contribution is -0.121. The second-order valence-corrected chi connectivity index (χ2v) is 5.03. The molecule has 2 rings (SSSR count). The van der Waals surface area contributed by atoms with E-state index in [-0.39, 0.29) is 34.7 Å². The molecule has 0 fully saturated rings. The van der Waals surface area contributed by atoms with Gasteiger partial charge in [0.25, 0.3) is 11.5 Å². The SMILES string of the molecule is COc1ccc(/C=N\NC(=O)Cn2ccccc2=O)c(C(=O)O)c1OC. The minimum absolute atomic E-state index is 0.0473. The van der Waals surface area contributed by atoms with Crippen molar-refractivity contribution >= 4 is 18.1 Å². The summed E-state index contributed by atoms with van der Waals surface area (Å²) in [4.78, 5) is 34.9. The third-order valence-corrected chi connectivity index (χ3v) is 3.40. The first kappa shape index (κ1) is 18.7. The molecule has 0 atom stereocenters. The highest BCUT2D eigenvalue weighted by Gasteiger charge is 2.20. The van der Waals surface area contributed by atoms with Crippen molar-refractivity contribution in [3.05, 3.63) is 58.0 Å². The Morgan fingerprint density at radius 2 is 2.00 bits per heavy atom. The molecule has 2 aromatic rings. The van der Waals surface area contributed by atoms with Crippen molar-refractivity contribution in [1.29, 1.82) is 0 Å². The number of nitrogens with one attached hydrogen (secondary N) is 1. The van der Waals surface area contributed by atoms with E-state index in [1.807, 2.05) is 0 Å². The summed E-state index contributed by atoms with van der Waals surface area (Å²) in [5.74, 6) is -1.46. The van der Waals surface area contributed by atoms with Crippen LogP contribution in [0, 0.1) is 0 Å². The van der Waals surface area contributed by atoms with Gasteiger partial charge in [-0.15, -0.1) is 0 Å². The fourth-order valence-electron chi connectivity index (χ4n) is 2.23. The Bertz CT molecular complexity index is 904. The van der Waals surface area contributed by atoms with E-state index in [4.69, 9.17) is 9.47 Å². The van der Waals surface area contributed by atoms with Crippen LogP contribution in [0.4, 0.5) is 0 Å². The third-order valence-electron chi connectivity index (χ3n) is 3.40. The van der Waals surface area contributed by atoms with Crippen LogP contribution in [0.1, 0.15) is 15.9 Å². The summed E-state index contributed by atoms with van der Waals surface area (Å²) < 4.78 is 11.4. The van der Waals surface area contributed by atoms with Crippen molar-refractivity contribution in [2.45, 2.75) is 6.54 Å². The molecule has 1 heterocycles. The van der Waals surface area contributed by atoms with E-state index < -0.39 is 11.9 Å². The minimum atomic E-state index is -1.23. The Balaban J connectivity index is 2.17. The Morgan fingerprint density at radius 1 is 1.23 bits per heavy atom. The monoisotopic (exact) mass is 359 g/mol. The van der Waals surface area contributed by atoms with Crippen molar-refractivity contribution in [3.63, 3.8) is 0 Å². The third kappa shape index (κ3) is 4.26. The number of carbonyl (C=O) groups excluding carboxylic acids is 1. The van der Waals surface area contributed by atoms with Gasteiger partial charge in [-0.3, -0.25) is 9.59 Å². The molecule has 0 aliphatic heterocycles. The molecule has 0 aliphatic rings. The van der Waals surface area contributed by atoms with E-state index in [0.29, 0.717) is 0 Å². The number of benzene rings is 1. The van der Waals surface area contributed by atoms with Gasteiger partial charge in [-0.25, -0.2) is 10.2 Å². The molecule has 0 radical (unpaired) electrons. The van der Waals surface area contributed by atoms with Crippen LogP contribution in [-0.2, 0) is 11.3 Å². The van der Waals surface area contributed by atoms with Crippen LogP contribution in [0.15, 0.2) is 46.4 Å². The molecular formula is C17H17N3O6. The first-order chi connectivity index (χ1) is 12.5. The Morgan fingerprint density at radius 3 is 2.62 bits per heavy atom. The molecule has 136 valence electrons. The van der Waals surface area contributed by atoms with Crippen LogP contribution in [0.25, 0.3) is 0 Å². The molecule has 2 N–H and O–H groups in total. The van der Waals surface area contributed by atoms with Crippen molar-refractivity contribution in [1.82, 2.24) is 9.99 Å². The molecule has 0 spiro atoms. The maximum atomic E-state index is 11.9. The van der Waals surface area contributed by atoms with E-state index in [1.54, 1.807) is 12.1 Å². The maximum Gasteiger partial charge on any atom is 0.340 e. The number of carbonyl (C=O) groups is 2. The zero-order valence-electron chi connectivity index (χ0n) is 14.1. The molecule has 0 saturated heterocycles. The van der Waals surface area contributed by atoms with E-state index in [2.05, 4.69) is 10.5 Å². The van der Waals surface area contributed by atoms with Crippen LogP contribution >= 0.6 is 0 Å². The van der Waals surface area contributed by atoms with Crippen molar-refractivity contribution < 1.29 is 24.2 Å². The van der Waals surface area contributed by atoms with Crippen LogP contribution in [-0.4, -0.2) is 42.0 Å². The highest BCUT2D eigenvalue weighted by Crippen LogP contribution is 2.32. The molecule has 0 bridgehead atoms. The molecule has 1 amide bonds. The number of ether oxygens (including phenoxy) is 2. The summed E-state index contributed by atoms with van der Waals surface area (Å²) >= 11 is 0. The van der Waals surface area contributed by atoms with Gasteiger partial charge in [-0.05, 0) is 18.2 Å². The number of aromatic carboxylic acids is 1. The zero-order chi connectivity index (χ0) is 19.1. The summed E-state index contributed by atoms with van der Waals surface area (Å²) in [6.45, 7) is -0.214. The van der Waals surface area contributed by atoms with E-state index in [1.165, 1.54) is 49.4 Å². The van der Waals surface area contributed by atoms with Gasteiger partial charge < -0.3 is 19.1 Å². The first-order valence-electron chi connectivity index (χ1n) is 7.43. The molecule has 0 saturated carbocycles. The van der Waals surface area contributed by atoms with Gasteiger partial charge in [0.1, 0.15) is 12.1 Å². The summed E-state index contributed by atoms with van der Waals surface area (Å²) in [5.41, 5.74) is 1.99. The quantitative estimate of drug-likeness (QED) is 0.555. The number of hydrazone groups is 1. The number of rotatable bonds is 7. The van der Waals surface area contributed by atoms with Gasteiger partial charge in [-0.1, -0.05) is 6.07 Å². The van der Waals surface area contributed by atoms with Gasteiger partial charge in [0.2, 0.25) is 0 Å².